The Labute approximate surface area is 631 Å². The third-order valence-corrected chi connectivity index (χ3v) is 22.8. The summed E-state index contributed by atoms with van der Waals surface area (Å²) < 4.78 is 0. The minimum absolute atomic E-state index is 0. The third-order valence-electron chi connectivity index (χ3n) is 22.8. The molecule has 0 bridgehead atoms. The van der Waals surface area contributed by atoms with E-state index in [1.807, 2.05) is 0 Å². The topological polar surface area (TPSA) is 0 Å². The molecular weight excluding hydrogens is 1210 g/mol. The zero-order valence-corrected chi connectivity index (χ0v) is 69.8. The molecule has 0 aliphatic heterocycles. The van der Waals surface area contributed by atoms with Gasteiger partial charge in [-0.05, 0) is 221 Å². The third kappa shape index (κ3) is 44.7. The van der Waals surface area contributed by atoms with Crippen molar-refractivity contribution in [3.8, 4) is 0 Å². The zero-order valence-electron chi connectivity index (χ0n) is 69.8. The van der Waals surface area contributed by atoms with Crippen molar-refractivity contribution in [2.45, 2.75) is 383 Å². The largest absolute Gasteiger partial charge is 0.0776 e. The first kappa shape index (κ1) is 94.3. The first-order valence-electron chi connectivity index (χ1n) is 42.5. The van der Waals surface area contributed by atoms with Crippen LogP contribution in [0.1, 0.15) is 381 Å². The molecule has 3 aliphatic carbocycles. The van der Waals surface area contributed by atoms with Gasteiger partial charge in [-0.3, -0.25) is 0 Å². The summed E-state index contributed by atoms with van der Waals surface area (Å²) in [5, 5.41) is 0. The smallest absolute Gasteiger partial charge is 0.00256 e. The van der Waals surface area contributed by atoms with Crippen LogP contribution in [0.25, 0.3) is 0 Å². The van der Waals surface area contributed by atoms with Crippen LogP contribution in [0.2, 0.25) is 0 Å². The standard InChI is InChI=1S/C17H32.C17H20.C15H22.C15H16.C14H30.C10H14.C8H18.C4H10.CH4/c1-13-5-9-15(10-6-13)17(3,4)16-11-7-14(2)8-12-16;1-12-5-7-16(9-14(12)3)11-17-8-6-13(2)15(4)10-17;2*1-12-3-7-14(8-4-12)11-15-9-5-13(2)6-10-15;1-3-5-7-9-11-13-14-12-10-8-6-4-2;1-3-9-6-5-7-10(4-2)8-9;1-3-5-7-8-6-4-2;1-3-4-2;/h13-16H,5-12H2,1-4H3;5-10H,11H2,1-4H3;3-4,7-8,13,15H,5-6,9-11H2,1-2H3;3-10H,11H2,1-2H3;3-14H2,1-2H3;5-8H,3-4H2,1-2H3;3-8H2,1-2H3;3-4H2,1-2H3;1H4. The molecule has 0 saturated heterocycles. The van der Waals surface area contributed by atoms with E-state index in [-0.39, 0.29) is 7.43 Å². The van der Waals surface area contributed by atoms with Crippen molar-refractivity contribution in [3.05, 3.63) is 211 Å². The van der Waals surface area contributed by atoms with Gasteiger partial charge in [-0.15, -0.1) is 0 Å². The summed E-state index contributed by atoms with van der Waals surface area (Å²) in [7, 11) is 0. The highest BCUT2D eigenvalue weighted by atomic mass is 14.4. The van der Waals surface area contributed by atoms with Gasteiger partial charge in [-0.1, -0.05) is 415 Å². The molecule has 0 unspecified atom stereocenters. The lowest BCUT2D eigenvalue weighted by Crippen LogP contribution is -2.36. The Hall–Kier alpha value is -4.68. The Balaban J connectivity index is 0.000000589. The fourth-order valence-electron chi connectivity index (χ4n) is 14.5. The molecule has 101 heavy (non-hydrogen) atoms. The van der Waals surface area contributed by atoms with Crippen LogP contribution in [0.3, 0.4) is 0 Å². The summed E-state index contributed by atoms with van der Waals surface area (Å²) >= 11 is 0. The summed E-state index contributed by atoms with van der Waals surface area (Å²) in [5.74, 6) is 5.93. The summed E-state index contributed by atoms with van der Waals surface area (Å²) in [6.45, 7) is 45.3. The van der Waals surface area contributed by atoms with E-state index in [9.17, 15) is 0 Å². The summed E-state index contributed by atoms with van der Waals surface area (Å²) in [5.41, 5.74) is 20.1. The van der Waals surface area contributed by atoms with Crippen LogP contribution in [-0.2, 0) is 32.1 Å². The Morgan fingerprint density at radius 1 is 0.277 bits per heavy atom. The maximum absolute atomic E-state index is 2.58. The van der Waals surface area contributed by atoms with Gasteiger partial charge >= 0.3 is 0 Å². The average Bonchev–Trinajstić information content (AvgIpc) is 0.808. The van der Waals surface area contributed by atoms with E-state index >= 15 is 0 Å². The van der Waals surface area contributed by atoms with Crippen LogP contribution in [0, 0.1) is 89.4 Å². The molecule has 6 aromatic carbocycles. The van der Waals surface area contributed by atoms with E-state index in [0.29, 0.717) is 5.41 Å². The second kappa shape index (κ2) is 58.6. The Morgan fingerprint density at radius 2 is 0.554 bits per heavy atom. The van der Waals surface area contributed by atoms with E-state index in [0.717, 1.165) is 61.2 Å². The monoisotopic (exact) mass is 1380 g/mol. The van der Waals surface area contributed by atoms with Gasteiger partial charge in [0.2, 0.25) is 0 Å². The lowest BCUT2D eigenvalue weighted by Gasteiger charge is -2.46. The minimum Gasteiger partial charge on any atom is -0.0776 e. The van der Waals surface area contributed by atoms with Crippen molar-refractivity contribution in [2.24, 2.45) is 40.9 Å². The lowest BCUT2D eigenvalue weighted by atomic mass is 9.59. The Morgan fingerprint density at radius 3 is 0.842 bits per heavy atom. The number of unbranched alkanes of at least 4 members (excludes halogenated alkanes) is 17. The van der Waals surface area contributed by atoms with Crippen molar-refractivity contribution >= 4 is 0 Å². The van der Waals surface area contributed by atoms with Gasteiger partial charge in [0.1, 0.15) is 0 Å². The molecule has 0 aromatic heterocycles. The van der Waals surface area contributed by atoms with Crippen molar-refractivity contribution in [3.63, 3.8) is 0 Å². The van der Waals surface area contributed by atoms with E-state index in [2.05, 4.69) is 272 Å². The lowest BCUT2D eigenvalue weighted by molar-refractivity contribution is 0.0421. The molecule has 6 aromatic rings. The first-order chi connectivity index (χ1) is 48.1. The molecule has 0 radical (unpaired) electrons. The molecule has 3 aliphatic rings. The normalized spacial score (nSPS) is 17.5. The molecule has 0 atom stereocenters. The number of benzene rings is 6. The highest BCUT2D eigenvalue weighted by Crippen LogP contribution is 2.49. The van der Waals surface area contributed by atoms with E-state index < -0.39 is 0 Å². The second-order valence-electron chi connectivity index (χ2n) is 32.7. The van der Waals surface area contributed by atoms with Crippen molar-refractivity contribution < 1.29 is 0 Å². The maximum Gasteiger partial charge on any atom is -0.00256 e. The molecule has 570 valence electrons. The SMILES string of the molecule is C.CC1CCC(C(C)(C)C2CCC(C)CC2)CC1.CCCC.CCCCCCCC.CCCCCCCCCCCCCC.CCc1cccc(CC)c1.Cc1ccc(CC2CCC(C)CC2)cc1.Cc1ccc(Cc2ccc(C)c(C)c2)cc1C.Cc1ccc(Cc2ccc(C)cc2)cc1. The molecule has 0 amide bonds. The van der Waals surface area contributed by atoms with E-state index in [4.69, 9.17) is 0 Å². The molecule has 3 fully saturated rings. The summed E-state index contributed by atoms with van der Waals surface area (Å²) in [4.78, 5) is 0. The fraction of sp³-hybridized carbons (Fsp3) is 0.644. The molecule has 0 nitrogen and oxygen atoms in total. The Bertz CT molecular complexity index is 2680. The molecule has 9 rings (SSSR count). The zero-order chi connectivity index (χ0) is 73.8. The minimum atomic E-state index is 0. The van der Waals surface area contributed by atoms with Gasteiger partial charge in [0.25, 0.3) is 0 Å². The number of aryl methyl sites for hydroxylation is 9. The quantitative estimate of drug-likeness (QED) is 0.0451. The number of hydrogen-bond acceptors (Lipinski definition) is 0. The molecule has 0 spiro atoms. The fourth-order valence-corrected chi connectivity index (χ4v) is 14.5. The van der Waals surface area contributed by atoms with Gasteiger partial charge in [0.05, 0.1) is 0 Å². The van der Waals surface area contributed by atoms with E-state index in [1.165, 1.54) is 290 Å². The highest BCUT2D eigenvalue weighted by molar-refractivity contribution is 5.37. The molecule has 0 heteroatoms. The van der Waals surface area contributed by atoms with Gasteiger partial charge in [0, 0.05) is 0 Å². The average molecular weight is 1380 g/mol. The van der Waals surface area contributed by atoms with Crippen LogP contribution in [0.5, 0.6) is 0 Å². The van der Waals surface area contributed by atoms with Gasteiger partial charge in [-0.25, -0.2) is 0 Å². The first-order valence-corrected chi connectivity index (χ1v) is 42.5. The summed E-state index contributed by atoms with van der Waals surface area (Å²) in [6, 6.07) is 48.8. The van der Waals surface area contributed by atoms with Gasteiger partial charge in [0.15, 0.2) is 0 Å². The van der Waals surface area contributed by atoms with Gasteiger partial charge in [-0.2, -0.15) is 0 Å². The number of hydrogen-bond donors (Lipinski definition) is 0. The van der Waals surface area contributed by atoms with Crippen molar-refractivity contribution in [2.75, 3.05) is 0 Å². The predicted molar refractivity (Wildman–Crippen MR) is 460 cm³/mol. The van der Waals surface area contributed by atoms with Crippen LogP contribution in [-0.4, -0.2) is 0 Å². The molecule has 0 N–H and O–H groups in total. The highest BCUT2D eigenvalue weighted by Gasteiger charge is 2.39. The van der Waals surface area contributed by atoms with Crippen molar-refractivity contribution in [1.29, 1.82) is 0 Å². The van der Waals surface area contributed by atoms with Crippen LogP contribution < -0.4 is 0 Å². The van der Waals surface area contributed by atoms with E-state index in [1.54, 1.807) is 0 Å². The Kier molecular flexibility index (Phi) is 54.7. The molecular formula is C101H166. The predicted octanol–water partition coefficient (Wildman–Crippen LogP) is 32.8. The second-order valence-corrected chi connectivity index (χ2v) is 32.7. The van der Waals surface area contributed by atoms with Gasteiger partial charge < -0.3 is 0 Å². The van der Waals surface area contributed by atoms with Crippen molar-refractivity contribution in [1.82, 2.24) is 0 Å². The van der Waals surface area contributed by atoms with Crippen LogP contribution in [0.15, 0.2) is 133 Å². The maximum atomic E-state index is 2.58. The van der Waals surface area contributed by atoms with Crippen LogP contribution >= 0.6 is 0 Å². The number of rotatable bonds is 27. The molecule has 3 saturated carbocycles. The van der Waals surface area contributed by atoms with Crippen LogP contribution in [0.4, 0.5) is 0 Å². The summed E-state index contributed by atoms with van der Waals surface area (Å²) in [6.07, 6.45) is 51.9. The molecule has 0 heterocycles.